The van der Waals surface area contributed by atoms with Crippen molar-refractivity contribution in [2.45, 2.75) is 0 Å². The third-order valence-corrected chi connectivity index (χ3v) is 2.52. The molecule has 0 fully saturated rings. The average molecular weight is 277 g/mol. The smallest absolute Gasteiger partial charge is 0.0319 e. The molecule has 3 rings (SSSR count). The summed E-state index contributed by atoms with van der Waals surface area (Å²) in [7, 11) is 2.00. The Balaban J connectivity index is 0.000000531. The Bertz CT molecular complexity index is 522. The van der Waals surface area contributed by atoms with Crippen LogP contribution in [0.3, 0.4) is 0 Å². The number of aliphatic hydroxyl groups is 2. The van der Waals surface area contributed by atoms with Crippen molar-refractivity contribution < 1.29 is 31.9 Å². The first-order valence-electron chi connectivity index (χ1n) is 5.38. The number of rotatable bonds is 0. The summed E-state index contributed by atoms with van der Waals surface area (Å²) in [4.78, 5) is 0. The Kier molecular flexibility index (Phi) is 8.43. The maximum Gasteiger partial charge on any atom is 0.0319 e. The summed E-state index contributed by atoms with van der Waals surface area (Å²) in [5, 5.41) is 19.4. The molecule has 2 nitrogen and oxygen atoms in total. The maximum absolute atomic E-state index is 7.00. The Morgan fingerprint density at radius 2 is 1.00 bits per heavy atom. The second kappa shape index (κ2) is 8.95. The van der Waals surface area contributed by atoms with E-state index in [2.05, 4.69) is 54.6 Å². The van der Waals surface area contributed by atoms with Gasteiger partial charge in [-0.25, -0.2) is 0 Å². The van der Waals surface area contributed by atoms with Gasteiger partial charge in [-0.1, -0.05) is 36.4 Å². The Hall–Kier alpha value is -1.06. The van der Waals surface area contributed by atoms with Crippen LogP contribution in [0.25, 0.3) is 21.5 Å². The molecule has 0 radical (unpaired) electrons. The first-order chi connectivity index (χ1) is 8.45. The predicted molar refractivity (Wildman–Crippen MR) is 73.3 cm³/mol. The minimum Gasteiger partial charge on any atom is -0.400 e. The number of hydrogen-bond acceptors (Lipinski definition) is 2. The topological polar surface area (TPSA) is 40.5 Å². The molecule has 0 bridgehead atoms. The van der Waals surface area contributed by atoms with E-state index in [1.165, 1.54) is 21.5 Å². The van der Waals surface area contributed by atoms with Gasteiger partial charge in [0.2, 0.25) is 0 Å². The molecule has 2 N–H and O–H groups in total. The van der Waals surface area contributed by atoms with E-state index in [1.54, 1.807) is 0 Å². The number of aliphatic hydroxyl groups excluding tert-OH is 2. The predicted octanol–water partition coefficient (Wildman–Crippen LogP) is 2.93. The first-order valence-corrected chi connectivity index (χ1v) is 5.38. The van der Waals surface area contributed by atoms with Crippen LogP contribution in [-0.4, -0.2) is 24.4 Å². The molecular formula is C15H17O2Ti-. The van der Waals surface area contributed by atoms with E-state index in [0.29, 0.717) is 0 Å². The molecule has 94 valence electrons. The number of fused-ring (bicyclic) bond motifs is 3. The van der Waals surface area contributed by atoms with Gasteiger partial charge < -0.3 is 10.2 Å². The van der Waals surface area contributed by atoms with Gasteiger partial charge in [0.1, 0.15) is 0 Å². The zero-order chi connectivity index (χ0) is 12.7. The Morgan fingerprint density at radius 1 is 0.667 bits per heavy atom. The zero-order valence-electron chi connectivity index (χ0n) is 10.6. The van der Waals surface area contributed by atoms with Crippen LogP contribution in [0.15, 0.2) is 54.6 Å². The molecule has 3 aromatic rings. The summed E-state index contributed by atoms with van der Waals surface area (Å²) in [5.74, 6) is 0. The van der Waals surface area contributed by atoms with Gasteiger partial charge in [-0.2, -0.15) is 0 Å². The van der Waals surface area contributed by atoms with E-state index in [4.69, 9.17) is 10.2 Å². The van der Waals surface area contributed by atoms with Crippen molar-refractivity contribution in [2.24, 2.45) is 0 Å². The van der Waals surface area contributed by atoms with Crippen molar-refractivity contribution in [3.05, 3.63) is 54.6 Å². The molecule has 0 saturated heterocycles. The van der Waals surface area contributed by atoms with Crippen molar-refractivity contribution in [3.63, 3.8) is 0 Å². The summed E-state index contributed by atoms with van der Waals surface area (Å²) in [6, 6.07) is 19.3. The summed E-state index contributed by atoms with van der Waals surface area (Å²) < 4.78 is 0. The Morgan fingerprint density at radius 3 is 1.39 bits per heavy atom. The van der Waals surface area contributed by atoms with Crippen LogP contribution in [0.4, 0.5) is 0 Å². The van der Waals surface area contributed by atoms with Crippen LogP contribution in [0.5, 0.6) is 0 Å². The zero-order valence-corrected chi connectivity index (χ0v) is 12.2. The van der Waals surface area contributed by atoms with Crippen molar-refractivity contribution in [1.29, 1.82) is 0 Å². The monoisotopic (exact) mass is 277 g/mol. The third kappa shape index (κ3) is 3.47. The largest absolute Gasteiger partial charge is 0.400 e. The molecule has 0 aliphatic carbocycles. The summed E-state index contributed by atoms with van der Waals surface area (Å²) in [6.45, 7) is 0. The van der Waals surface area contributed by atoms with Crippen LogP contribution < -0.4 is 0 Å². The van der Waals surface area contributed by atoms with E-state index in [0.717, 1.165) is 14.2 Å². The molecule has 18 heavy (non-hydrogen) atoms. The standard InChI is InChI=1S/C13H9.2CH4O.Ti/c1-3-7-12-10(5-1)9-11-6-2-4-8-13(11)12;2*1-2;/h1-9H;2*2H,1H3;/q-1;;;. The van der Waals surface area contributed by atoms with Crippen molar-refractivity contribution in [1.82, 2.24) is 0 Å². The van der Waals surface area contributed by atoms with Gasteiger partial charge in [0.05, 0.1) is 0 Å². The van der Waals surface area contributed by atoms with Crippen LogP contribution in [0.1, 0.15) is 0 Å². The number of benzene rings is 2. The molecule has 0 amide bonds. The normalized spacial score (nSPS) is 8.67. The fourth-order valence-corrected chi connectivity index (χ4v) is 1.90. The van der Waals surface area contributed by atoms with E-state index >= 15 is 0 Å². The molecule has 0 atom stereocenters. The van der Waals surface area contributed by atoms with Crippen LogP contribution in [0, 0.1) is 0 Å². The van der Waals surface area contributed by atoms with Gasteiger partial charge in [0, 0.05) is 35.9 Å². The van der Waals surface area contributed by atoms with E-state index in [-0.39, 0.29) is 21.7 Å². The van der Waals surface area contributed by atoms with Gasteiger partial charge in [-0.3, -0.25) is 0 Å². The molecule has 0 aliphatic rings. The summed E-state index contributed by atoms with van der Waals surface area (Å²) in [5.41, 5.74) is 0. The molecule has 0 saturated carbocycles. The SMILES string of the molecule is CO.CO.[Ti].c1ccc2c(c1)[cH-]c1ccccc12. The fraction of sp³-hybridized carbons (Fsp3) is 0.133. The van der Waals surface area contributed by atoms with E-state index in [9.17, 15) is 0 Å². The number of hydrogen-bond donors (Lipinski definition) is 2. The quantitative estimate of drug-likeness (QED) is 0.490. The summed E-state index contributed by atoms with van der Waals surface area (Å²) in [6.07, 6.45) is 0. The minimum atomic E-state index is 0. The van der Waals surface area contributed by atoms with Gasteiger partial charge in [0.25, 0.3) is 0 Å². The van der Waals surface area contributed by atoms with Crippen molar-refractivity contribution in [3.8, 4) is 0 Å². The van der Waals surface area contributed by atoms with Crippen LogP contribution in [0.2, 0.25) is 0 Å². The second-order valence-electron chi connectivity index (χ2n) is 3.32. The first kappa shape index (κ1) is 16.9. The molecule has 0 aliphatic heterocycles. The van der Waals surface area contributed by atoms with Gasteiger partial charge in [-0.05, 0) is 0 Å². The molecule has 0 heterocycles. The van der Waals surface area contributed by atoms with Crippen molar-refractivity contribution >= 4 is 21.5 Å². The molecular weight excluding hydrogens is 260 g/mol. The Labute approximate surface area is 122 Å². The molecule has 3 aromatic carbocycles. The third-order valence-electron chi connectivity index (χ3n) is 2.52. The molecule has 0 unspecified atom stereocenters. The molecule has 3 heteroatoms. The van der Waals surface area contributed by atoms with Crippen LogP contribution >= 0.6 is 0 Å². The molecule has 0 spiro atoms. The second-order valence-corrected chi connectivity index (χ2v) is 3.32. The maximum atomic E-state index is 7.00. The van der Waals surface area contributed by atoms with Crippen molar-refractivity contribution in [2.75, 3.05) is 14.2 Å². The van der Waals surface area contributed by atoms with E-state index < -0.39 is 0 Å². The van der Waals surface area contributed by atoms with Gasteiger partial charge >= 0.3 is 0 Å². The van der Waals surface area contributed by atoms with Gasteiger partial charge in [0.15, 0.2) is 0 Å². The summed E-state index contributed by atoms with van der Waals surface area (Å²) >= 11 is 0. The van der Waals surface area contributed by atoms with Crippen LogP contribution in [-0.2, 0) is 21.7 Å². The van der Waals surface area contributed by atoms with Gasteiger partial charge in [-0.15, -0.1) is 39.7 Å². The fourth-order valence-electron chi connectivity index (χ4n) is 1.90. The molecule has 0 aromatic heterocycles. The average Bonchev–Trinajstić information content (AvgIpc) is 2.82. The minimum absolute atomic E-state index is 0. The van der Waals surface area contributed by atoms with E-state index in [1.807, 2.05) is 0 Å².